The normalized spacial score (nSPS) is 11.3. The average molecular weight is 308 g/mol. The van der Waals surface area contributed by atoms with Crippen molar-refractivity contribution in [2.45, 2.75) is 6.54 Å². The van der Waals surface area contributed by atoms with Crippen molar-refractivity contribution in [2.75, 3.05) is 6.61 Å². The van der Waals surface area contributed by atoms with Crippen LogP contribution >= 0.6 is 11.6 Å². The Labute approximate surface area is 122 Å². The first-order valence-corrected chi connectivity index (χ1v) is 6.46. The summed E-state index contributed by atoms with van der Waals surface area (Å²) >= 11 is 5.86. The first-order chi connectivity index (χ1) is 10.0. The molecular weight excluding hydrogens is 298 g/mol. The van der Waals surface area contributed by atoms with E-state index in [2.05, 4.69) is 5.10 Å². The summed E-state index contributed by atoms with van der Waals surface area (Å²) in [7, 11) is 0. The van der Waals surface area contributed by atoms with Gasteiger partial charge in [0.25, 0.3) is 5.56 Å². The Morgan fingerprint density at radius 2 is 2.00 bits per heavy atom. The van der Waals surface area contributed by atoms with Crippen LogP contribution in [-0.4, -0.2) is 31.4 Å². The second-order valence-corrected chi connectivity index (χ2v) is 4.90. The third-order valence-electron chi connectivity index (χ3n) is 3.22. The number of nitrogens with zero attached hydrogens (tertiary/aromatic N) is 3. The molecule has 0 spiro atoms. The van der Waals surface area contributed by atoms with Gasteiger partial charge >= 0.3 is 0 Å². The van der Waals surface area contributed by atoms with E-state index in [1.807, 2.05) is 0 Å². The van der Waals surface area contributed by atoms with Crippen molar-refractivity contribution in [3.8, 4) is 0 Å². The Kier molecular flexibility index (Phi) is 3.15. The van der Waals surface area contributed by atoms with Crippen LogP contribution in [0.5, 0.6) is 0 Å². The molecule has 108 valence electrons. The maximum atomic E-state index is 12.4. The number of aliphatic hydroxyl groups is 1. The van der Waals surface area contributed by atoms with E-state index in [0.29, 0.717) is 9.75 Å². The maximum Gasteiger partial charge on any atom is 0.294 e. The molecule has 0 aliphatic rings. The topological polar surface area (TPSA) is 97.4 Å². The summed E-state index contributed by atoms with van der Waals surface area (Å²) in [5.41, 5.74) is -1.14. The summed E-state index contributed by atoms with van der Waals surface area (Å²) in [6.07, 6.45) is 1.20. The Balaban J connectivity index is 2.56. The molecule has 1 aromatic carbocycles. The number of fused-ring (bicyclic) bond motifs is 2. The Morgan fingerprint density at radius 1 is 1.24 bits per heavy atom. The molecule has 0 aliphatic heterocycles. The SMILES string of the molecule is O=c1c2ccc(Cl)cc2n(O)c2c(=O)n(CCO)ncc12. The zero-order valence-electron chi connectivity index (χ0n) is 10.7. The zero-order valence-corrected chi connectivity index (χ0v) is 11.4. The van der Waals surface area contributed by atoms with Gasteiger partial charge in [-0.05, 0) is 18.2 Å². The Bertz CT molecular complexity index is 977. The lowest BCUT2D eigenvalue weighted by molar-refractivity contribution is 0.209. The summed E-state index contributed by atoms with van der Waals surface area (Å²) in [5, 5.41) is 23.5. The maximum absolute atomic E-state index is 12.4. The highest BCUT2D eigenvalue weighted by Gasteiger charge is 2.15. The number of aliphatic hydroxyl groups excluding tert-OH is 1. The molecule has 7 nitrogen and oxygen atoms in total. The molecule has 0 saturated heterocycles. The van der Waals surface area contributed by atoms with Gasteiger partial charge in [0.15, 0.2) is 10.9 Å². The molecule has 2 aromatic heterocycles. The van der Waals surface area contributed by atoms with Crippen LogP contribution in [-0.2, 0) is 6.54 Å². The molecule has 21 heavy (non-hydrogen) atoms. The summed E-state index contributed by atoms with van der Waals surface area (Å²) < 4.78 is 1.61. The fourth-order valence-corrected chi connectivity index (χ4v) is 2.41. The minimum absolute atomic E-state index is 0.00603. The van der Waals surface area contributed by atoms with E-state index in [1.165, 1.54) is 24.4 Å². The Morgan fingerprint density at radius 3 is 2.71 bits per heavy atom. The van der Waals surface area contributed by atoms with Crippen LogP contribution < -0.4 is 11.0 Å². The number of halogens is 1. The Hall–Kier alpha value is -2.38. The smallest absolute Gasteiger partial charge is 0.294 e. The summed E-state index contributed by atoms with van der Waals surface area (Å²) in [6.45, 7) is -0.315. The second kappa shape index (κ2) is 4.87. The molecule has 2 heterocycles. The van der Waals surface area contributed by atoms with Gasteiger partial charge in [0.1, 0.15) is 0 Å². The van der Waals surface area contributed by atoms with Crippen molar-refractivity contribution in [3.63, 3.8) is 0 Å². The van der Waals surface area contributed by atoms with E-state index < -0.39 is 11.0 Å². The average Bonchev–Trinajstić information content (AvgIpc) is 2.47. The number of benzene rings is 1. The minimum Gasteiger partial charge on any atom is -0.428 e. The summed E-state index contributed by atoms with van der Waals surface area (Å²) in [4.78, 5) is 24.6. The fraction of sp³-hybridized carbons (Fsp3) is 0.154. The molecule has 8 heteroatoms. The molecule has 0 saturated carbocycles. The van der Waals surface area contributed by atoms with Crippen LogP contribution in [0.2, 0.25) is 5.02 Å². The van der Waals surface area contributed by atoms with E-state index in [4.69, 9.17) is 16.7 Å². The highest BCUT2D eigenvalue weighted by molar-refractivity contribution is 6.31. The quantitative estimate of drug-likeness (QED) is 0.533. The van der Waals surface area contributed by atoms with Crippen molar-refractivity contribution in [1.82, 2.24) is 14.5 Å². The van der Waals surface area contributed by atoms with Gasteiger partial charge in [-0.25, -0.2) is 4.68 Å². The van der Waals surface area contributed by atoms with Crippen LogP contribution in [0.1, 0.15) is 0 Å². The number of hydrogen-bond donors (Lipinski definition) is 2. The first kappa shape index (κ1) is 13.6. The van der Waals surface area contributed by atoms with Crippen molar-refractivity contribution < 1.29 is 10.3 Å². The van der Waals surface area contributed by atoms with Gasteiger partial charge in [-0.1, -0.05) is 11.6 Å². The van der Waals surface area contributed by atoms with E-state index in [1.54, 1.807) is 0 Å². The van der Waals surface area contributed by atoms with Crippen LogP contribution in [0.3, 0.4) is 0 Å². The molecule has 0 aliphatic carbocycles. The van der Waals surface area contributed by atoms with E-state index in [0.717, 1.165) is 4.68 Å². The van der Waals surface area contributed by atoms with Gasteiger partial charge in [0, 0.05) is 10.4 Å². The van der Waals surface area contributed by atoms with Gasteiger partial charge < -0.3 is 10.3 Å². The van der Waals surface area contributed by atoms with Crippen molar-refractivity contribution in [2.24, 2.45) is 0 Å². The predicted molar refractivity (Wildman–Crippen MR) is 77.0 cm³/mol. The van der Waals surface area contributed by atoms with Gasteiger partial charge in [0.2, 0.25) is 0 Å². The number of pyridine rings is 1. The molecule has 3 aromatic rings. The monoisotopic (exact) mass is 307 g/mol. The zero-order chi connectivity index (χ0) is 15.1. The van der Waals surface area contributed by atoms with Crippen molar-refractivity contribution >= 4 is 33.4 Å². The number of rotatable bonds is 2. The number of aromatic nitrogens is 3. The van der Waals surface area contributed by atoms with Crippen LogP contribution in [0.4, 0.5) is 0 Å². The molecule has 0 bridgehead atoms. The van der Waals surface area contributed by atoms with Crippen LogP contribution in [0.15, 0.2) is 34.0 Å². The highest BCUT2D eigenvalue weighted by Crippen LogP contribution is 2.19. The number of hydrogen-bond acceptors (Lipinski definition) is 5. The third kappa shape index (κ3) is 1.98. The van der Waals surface area contributed by atoms with Gasteiger partial charge in [-0.2, -0.15) is 9.83 Å². The van der Waals surface area contributed by atoms with Gasteiger partial charge in [0.05, 0.1) is 30.3 Å². The van der Waals surface area contributed by atoms with E-state index in [9.17, 15) is 14.8 Å². The van der Waals surface area contributed by atoms with Crippen LogP contribution in [0, 0.1) is 0 Å². The fourth-order valence-electron chi connectivity index (χ4n) is 2.24. The molecule has 0 radical (unpaired) electrons. The van der Waals surface area contributed by atoms with Gasteiger partial charge in [-0.15, -0.1) is 0 Å². The lowest BCUT2D eigenvalue weighted by Crippen LogP contribution is -2.28. The predicted octanol–water partition coefficient (Wildman–Crippen LogP) is 0.594. The lowest BCUT2D eigenvalue weighted by atomic mass is 10.1. The summed E-state index contributed by atoms with van der Waals surface area (Å²) in [6, 6.07) is 4.40. The van der Waals surface area contributed by atoms with Gasteiger partial charge in [-0.3, -0.25) is 9.59 Å². The van der Waals surface area contributed by atoms with E-state index >= 15 is 0 Å². The molecular formula is C13H10ClN3O4. The van der Waals surface area contributed by atoms with Crippen molar-refractivity contribution in [1.29, 1.82) is 0 Å². The molecule has 0 atom stereocenters. The molecule has 0 fully saturated rings. The van der Waals surface area contributed by atoms with E-state index in [-0.39, 0.29) is 35.0 Å². The molecule has 3 rings (SSSR count). The van der Waals surface area contributed by atoms with Crippen LogP contribution in [0.25, 0.3) is 21.8 Å². The third-order valence-corrected chi connectivity index (χ3v) is 3.45. The molecule has 0 unspecified atom stereocenters. The summed E-state index contributed by atoms with van der Waals surface area (Å²) in [5.74, 6) is 0. The highest BCUT2D eigenvalue weighted by atomic mass is 35.5. The molecule has 2 N–H and O–H groups in total. The minimum atomic E-state index is -0.664. The van der Waals surface area contributed by atoms with Crippen molar-refractivity contribution in [3.05, 3.63) is 50.0 Å². The lowest BCUT2D eigenvalue weighted by Gasteiger charge is -2.10. The second-order valence-electron chi connectivity index (χ2n) is 4.46. The standard InChI is InChI=1S/C13H10ClN3O4/c14-7-1-2-8-10(5-7)17(21)11-9(12(8)19)6-15-16(3-4-18)13(11)20/h1-2,5-6,18,21H,3-4H2. The largest absolute Gasteiger partial charge is 0.428 e. The molecule has 0 amide bonds. The first-order valence-electron chi connectivity index (χ1n) is 6.09.